The van der Waals surface area contributed by atoms with Crippen molar-refractivity contribution in [1.82, 2.24) is 0 Å². The maximum absolute atomic E-state index is 12.6. The Morgan fingerprint density at radius 1 is 1.10 bits per heavy atom. The molecule has 0 radical (unpaired) electrons. The Balaban J connectivity index is 2.40. The Bertz CT molecular complexity index is 745. The summed E-state index contributed by atoms with van der Waals surface area (Å²) in [4.78, 5) is 0.211. The van der Waals surface area contributed by atoms with Crippen LogP contribution in [0.4, 0.5) is 5.69 Å². The van der Waals surface area contributed by atoms with Gasteiger partial charge in [-0.25, -0.2) is 8.42 Å². The van der Waals surface area contributed by atoms with Gasteiger partial charge in [-0.2, -0.15) is 0 Å². The third kappa shape index (κ3) is 4.08. The zero-order valence-corrected chi connectivity index (χ0v) is 15.4. The van der Waals surface area contributed by atoms with Gasteiger partial charge in [-0.15, -0.1) is 0 Å². The number of para-hydroxylation sites is 1. The van der Waals surface area contributed by atoms with E-state index in [4.69, 9.17) is 0 Å². The van der Waals surface area contributed by atoms with Crippen LogP contribution in [0.15, 0.2) is 56.3 Å². The van der Waals surface area contributed by atoms with Crippen LogP contribution in [0.2, 0.25) is 0 Å². The van der Waals surface area contributed by atoms with Gasteiger partial charge in [-0.1, -0.05) is 47.5 Å². The van der Waals surface area contributed by atoms with Crippen molar-refractivity contribution in [1.29, 1.82) is 0 Å². The summed E-state index contributed by atoms with van der Waals surface area (Å²) in [5.41, 5.74) is 1.63. The van der Waals surface area contributed by atoms with Gasteiger partial charge in [0.05, 0.1) is 5.69 Å². The normalized spacial score (nSPS) is 11.4. The minimum absolute atomic E-state index is 0.211. The van der Waals surface area contributed by atoms with E-state index >= 15 is 0 Å². The van der Waals surface area contributed by atoms with Crippen LogP contribution >= 0.6 is 31.9 Å². The lowest BCUT2D eigenvalue weighted by Gasteiger charge is -2.13. The van der Waals surface area contributed by atoms with Crippen LogP contribution in [0, 0.1) is 0 Å². The fourth-order valence-corrected chi connectivity index (χ4v) is 4.59. The van der Waals surface area contributed by atoms with Gasteiger partial charge < -0.3 is 0 Å². The molecule has 1 N–H and O–H groups in total. The molecule has 0 amide bonds. The number of hydrogen-bond donors (Lipinski definition) is 1. The molecule has 2 aromatic carbocycles. The Morgan fingerprint density at radius 3 is 2.52 bits per heavy atom. The third-order valence-electron chi connectivity index (χ3n) is 2.96. The fourth-order valence-electron chi connectivity index (χ4n) is 1.99. The van der Waals surface area contributed by atoms with Crippen LogP contribution < -0.4 is 4.72 Å². The number of hydrogen-bond acceptors (Lipinski definition) is 2. The van der Waals surface area contributed by atoms with Gasteiger partial charge in [0.25, 0.3) is 10.0 Å². The zero-order valence-electron chi connectivity index (χ0n) is 11.4. The smallest absolute Gasteiger partial charge is 0.263 e. The Morgan fingerprint density at radius 2 is 1.81 bits per heavy atom. The molecule has 0 bridgehead atoms. The molecule has 0 aliphatic rings. The molecule has 2 aromatic rings. The fraction of sp³-hybridized carbons (Fsp3) is 0.200. The molecule has 0 aliphatic carbocycles. The van der Waals surface area contributed by atoms with Crippen molar-refractivity contribution < 1.29 is 8.42 Å². The van der Waals surface area contributed by atoms with Gasteiger partial charge in [0.2, 0.25) is 0 Å². The largest absolute Gasteiger partial charge is 0.279 e. The highest BCUT2D eigenvalue weighted by atomic mass is 79.9. The second kappa shape index (κ2) is 6.94. The molecule has 0 spiro atoms. The molecule has 0 saturated carbocycles. The lowest BCUT2D eigenvalue weighted by atomic mass is 10.1. The standard InChI is InChI=1S/C15H15Br2NO2S/c1-2-5-11-6-3-4-7-14(11)18-21(19,20)15-10-12(16)8-9-13(15)17/h3-4,6-10,18H,2,5H2,1H3. The number of aryl methyl sites for hydroxylation is 1. The monoisotopic (exact) mass is 431 g/mol. The van der Waals surface area contributed by atoms with Crippen LogP contribution in [-0.2, 0) is 16.4 Å². The minimum atomic E-state index is -3.63. The molecule has 0 heterocycles. The lowest BCUT2D eigenvalue weighted by molar-refractivity contribution is 0.600. The molecule has 3 nitrogen and oxygen atoms in total. The summed E-state index contributed by atoms with van der Waals surface area (Å²) in [5.74, 6) is 0. The number of sulfonamides is 1. The first kappa shape index (κ1) is 16.5. The predicted molar refractivity (Wildman–Crippen MR) is 93.1 cm³/mol. The zero-order chi connectivity index (χ0) is 15.5. The molecule has 21 heavy (non-hydrogen) atoms. The van der Waals surface area contributed by atoms with Crippen LogP contribution in [0.25, 0.3) is 0 Å². The summed E-state index contributed by atoms with van der Waals surface area (Å²) in [7, 11) is -3.63. The van der Waals surface area contributed by atoms with Crippen LogP contribution in [-0.4, -0.2) is 8.42 Å². The van der Waals surface area contributed by atoms with Crippen molar-refractivity contribution in [2.24, 2.45) is 0 Å². The molecule has 0 atom stereocenters. The summed E-state index contributed by atoms with van der Waals surface area (Å²) >= 11 is 6.59. The summed E-state index contributed by atoms with van der Waals surface area (Å²) in [6.45, 7) is 2.07. The maximum Gasteiger partial charge on any atom is 0.263 e. The van der Waals surface area contributed by atoms with E-state index in [0.29, 0.717) is 14.6 Å². The SMILES string of the molecule is CCCc1ccccc1NS(=O)(=O)c1cc(Br)ccc1Br. The molecular weight excluding hydrogens is 418 g/mol. The summed E-state index contributed by atoms with van der Waals surface area (Å²) in [6, 6.07) is 12.5. The molecule has 2 rings (SSSR count). The molecule has 0 saturated heterocycles. The Kier molecular flexibility index (Phi) is 5.46. The van der Waals surface area contributed by atoms with Gasteiger partial charge in [0.1, 0.15) is 4.90 Å². The van der Waals surface area contributed by atoms with Gasteiger partial charge in [-0.05, 0) is 52.2 Å². The quantitative estimate of drug-likeness (QED) is 0.725. The number of nitrogens with one attached hydrogen (secondary N) is 1. The molecule has 0 aliphatic heterocycles. The van der Waals surface area contributed by atoms with E-state index in [1.807, 2.05) is 18.2 Å². The maximum atomic E-state index is 12.6. The highest BCUT2D eigenvalue weighted by molar-refractivity contribution is 9.11. The summed E-state index contributed by atoms with van der Waals surface area (Å²) in [6.07, 6.45) is 1.79. The highest BCUT2D eigenvalue weighted by Crippen LogP contribution is 2.28. The number of anilines is 1. The van der Waals surface area contributed by atoms with Gasteiger partial charge >= 0.3 is 0 Å². The van der Waals surface area contributed by atoms with E-state index in [2.05, 4.69) is 43.5 Å². The second-order valence-electron chi connectivity index (χ2n) is 4.59. The first-order valence-electron chi connectivity index (χ1n) is 6.50. The van der Waals surface area contributed by atoms with E-state index in [0.717, 1.165) is 18.4 Å². The van der Waals surface area contributed by atoms with E-state index in [1.54, 1.807) is 24.3 Å². The average molecular weight is 433 g/mol. The molecule has 112 valence electrons. The van der Waals surface area contributed by atoms with Gasteiger partial charge in [-0.3, -0.25) is 4.72 Å². The van der Waals surface area contributed by atoms with Crippen LogP contribution in [0.5, 0.6) is 0 Å². The molecule has 0 fully saturated rings. The van der Waals surface area contributed by atoms with Crippen molar-refractivity contribution in [3.05, 3.63) is 57.0 Å². The van der Waals surface area contributed by atoms with E-state index < -0.39 is 10.0 Å². The molecule has 0 unspecified atom stereocenters. The van der Waals surface area contributed by atoms with E-state index in [9.17, 15) is 8.42 Å². The molecule has 0 aromatic heterocycles. The predicted octanol–water partition coefficient (Wildman–Crippen LogP) is 4.96. The van der Waals surface area contributed by atoms with E-state index in [1.165, 1.54) is 0 Å². The number of benzene rings is 2. The van der Waals surface area contributed by atoms with E-state index in [-0.39, 0.29) is 4.90 Å². The summed E-state index contributed by atoms with van der Waals surface area (Å²) < 4.78 is 29.1. The van der Waals surface area contributed by atoms with Crippen molar-refractivity contribution >= 4 is 47.6 Å². The second-order valence-corrected chi connectivity index (χ2v) is 8.01. The first-order chi connectivity index (χ1) is 9.94. The summed E-state index contributed by atoms with van der Waals surface area (Å²) in [5, 5.41) is 0. The average Bonchev–Trinajstić information content (AvgIpc) is 2.43. The number of rotatable bonds is 5. The molecular formula is C15H15Br2NO2S. The number of halogens is 2. The van der Waals surface area contributed by atoms with Crippen LogP contribution in [0.1, 0.15) is 18.9 Å². The lowest BCUT2D eigenvalue weighted by Crippen LogP contribution is -2.14. The minimum Gasteiger partial charge on any atom is -0.279 e. The Labute approximate surface area is 142 Å². The third-order valence-corrected chi connectivity index (χ3v) is 5.82. The van der Waals surface area contributed by atoms with Crippen LogP contribution in [0.3, 0.4) is 0 Å². The topological polar surface area (TPSA) is 46.2 Å². The Hall–Kier alpha value is -0.850. The molecule has 6 heteroatoms. The first-order valence-corrected chi connectivity index (χ1v) is 9.56. The van der Waals surface area contributed by atoms with Crippen molar-refractivity contribution in [3.8, 4) is 0 Å². The van der Waals surface area contributed by atoms with Gasteiger partial charge in [0.15, 0.2) is 0 Å². The highest BCUT2D eigenvalue weighted by Gasteiger charge is 2.19. The van der Waals surface area contributed by atoms with Crippen molar-refractivity contribution in [3.63, 3.8) is 0 Å². The van der Waals surface area contributed by atoms with Crippen molar-refractivity contribution in [2.75, 3.05) is 4.72 Å². The van der Waals surface area contributed by atoms with Gasteiger partial charge in [0, 0.05) is 8.95 Å². The van der Waals surface area contributed by atoms with Crippen molar-refractivity contribution in [2.45, 2.75) is 24.7 Å².